The van der Waals surface area contributed by atoms with Gasteiger partial charge in [0.15, 0.2) is 0 Å². The number of aromatic nitrogens is 1. The molecule has 0 unspecified atom stereocenters. The Kier molecular flexibility index (Phi) is 2.05. The van der Waals surface area contributed by atoms with Gasteiger partial charge in [0.25, 0.3) is 0 Å². The molecule has 58 valence electrons. The van der Waals surface area contributed by atoms with Crippen molar-refractivity contribution in [2.45, 2.75) is 0 Å². The van der Waals surface area contributed by atoms with Gasteiger partial charge in [-0.05, 0) is 6.07 Å². The first kappa shape index (κ1) is 7.94. The van der Waals surface area contributed by atoms with Crippen LogP contribution < -0.4 is 5.11 Å². The fourth-order valence-electron chi connectivity index (χ4n) is 0.566. The Balaban J connectivity index is 3.23. The number of carbonyl (C=O) groups is 1. The van der Waals surface area contributed by atoms with Crippen LogP contribution in [0.25, 0.3) is 0 Å². The molecule has 3 nitrogen and oxygen atoms in total. The second-order valence-corrected chi connectivity index (χ2v) is 2.14. The van der Waals surface area contributed by atoms with Gasteiger partial charge in [0.1, 0.15) is 11.0 Å². The molecule has 11 heavy (non-hydrogen) atoms. The number of hydrogen-bond acceptors (Lipinski definition) is 3. The Morgan fingerprint density at radius 1 is 1.73 bits per heavy atom. The first-order chi connectivity index (χ1) is 5.11. The summed E-state index contributed by atoms with van der Waals surface area (Å²) in [4.78, 5) is 13.4. The zero-order valence-electron chi connectivity index (χ0n) is 5.17. The molecule has 0 bridgehead atoms. The van der Waals surface area contributed by atoms with Gasteiger partial charge in [-0.25, -0.2) is 9.37 Å². The summed E-state index contributed by atoms with van der Waals surface area (Å²) in [5.74, 6) is -2.30. The van der Waals surface area contributed by atoms with Gasteiger partial charge in [-0.3, -0.25) is 0 Å². The number of carboxylic acid groups (broad SMARTS) is 1. The Hall–Kier alpha value is -1.16. The summed E-state index contributed by atoms with van der Waals surface area (Å²) in [6.07, 6.45) is 0.828. The number of carbonyl (C=O) groups excluding carboxylic acids is 1. The van der Waals surface area contributed by atoms with Gasteiger partial charge in [0.05, 0.1) is 12.2 Å². The van der Waals surface area contributed by atoms with E-state index in [1.54, 1.807) is 0 Å². The van der Waals surface area contributed by atoms with E-state index in [2.05, 4.69) is 4.98 Å². The van der Waals surface area contributed by atoms with Crippen molar-refractivity contribution < 1.29 is 14.3 Å². The van der Waals surface area contributed by atoms with Gasteiger partial charge in [0, 0.05) is 5.56 Å². The highest BCUT2D eigenvalue weighted by molar-refractivity contribution is 6.32. The fraction of sp³-hybridized carbons (Fsp3) is 0. The van der Waals surface area contributed by atoms with Gasteiger partial charge in [0.2, 0.25) is 0 Å². The SMILES string of the molecule is O=C([O-])c1cc(F)cnc1Cl. The number of carboxylic acids is 1. The van der Waals surface area contributed by atoms with Crippen LogP contribution in [0.4, 0.5) is 4.39 Å². The van der Waals surface area contributed by atoms with Crippen LogP contribution in [0.15, 0.2) is 12.3 Å². The van der Waals surface area contributed by atoms with Crippen molar-refractivity contribution in [3.63, 3.8) is 0 Å². The molecule has 1 aromatic rings. The van der Waals surface area contributed by atoms with E-state index in [9.17, 15) is 14.3 Å². The summed E-state index contributed by atoms with van der Waals surface area (Å²) in [5.41, 5.74) is -0.438. The third-order valence-electron chi connectivity index (χ3n) is 1.03. The predicted octanol–water partition coefficient (Wildman–Crippen LogP) is 0.238. The highest BCUT2D eigenvalue weighted by Crippen LogP contribution is 2.11. The zero-order valence-corrected chi connectivity index (χ0v) is 5.93. The number of aromatic carboxylic acids is 1. The molecule has 0 spiro atoms. The van der Waals surface area contributed by atoms with E-state index in [0.29, 0.717) is 0 Å². The minimum atomic E-state index is -1.54. The number of rotatable bonds is 1. The second kappa shape index (κ2) is 2.84. The Morgan fingerprint density at radius 2 is 2.36 bits per heavy atom. The first-order valence-corrected chi connectivity index (χ1v) is 3.01. The minimum Gasteiger partial charge on any atom is -0.545 e. The monoisotopic (exact) mass is 174 g/mol. The maximum absolute atomic E-state index is 12.3. The minimum absolute atomic E-state index is 0.272. The maximum Gasteiger partial charge on any atom is 0.142 e. The van der Waals surface area contributed by atoms with Gasteiger partial charge in [-0.1, -0.05) is 11.6 Å². The van der Waals surface area contributed by atoms with Crippen LogP contribution in [0.3, 0.4) is 0 Å². The standard InChI is InChI=1S/C6H3ClFNO2/c7-5-4(6(10)11)1-3(8)2-9-5/h1-2H,(H,10,11)/p-1. The van der Waals surface area contributed by atoms with Gasteiger partial charge in [-0.15, -0.1) is 0 Å². The van der Waals surface area contributed by atoms with Crippen molar-refractivity contribution in [1.29, 1.82) is 0 Å². The van der Waals surface area contributed by atoms with Crippen LogP contribution in [0, 0.1) is 5.82 Å². The molecular formula is C6H2ClFNO2-. The average Bonchev–Trinajstić information content (AvgIpc) is 1.94. The number of pyridine rings is 1. The zero-order chi connectivity index (χ0) is 8.43. The number of nitrogens with zero attached hydrogens (tertiary/aromatic N) is 1. The molecule has 0 aliphatic carbocycles. The molecule has 0 atom stereocenters. The first-order valence-electron chi connectivity index (χ1n) is 2.63. The molecule has 0 N–H and O–H groups in total. The van der Waals surface area contributed by atoms with E-state index in [4.69, 9.17) is 11.6 Å². The van der Waals surface area contributed by atoms with Crippen LogP contribution >= 0.6 is 11.6 Å². The molecule has 0 aromatic carbocycles. The second-order valence-electron chi connectivity index (χ2n) is 1.78. The Labute approximate surface area is 66.4 Å². The van der Waals surface area contributed by atoms with E-state index >= 15 is 0 Å². The lowest BCUT2D eigenvalue weighted by Crippen LogP contribution is -2.23. The lowest BCUT2D eigenvalue weighted by Gasteiger charge is -2.02. The summed E-state index contributed by atoms with van der Waals surface area (Å²) in [7, 11) is 0. The number of hydrogen-bond donors (Lipinski definition) is 0. The molecule has 0 amide bonds. The van der Waals surface area contributed by atoms with E-state index in [1.807, 2.05) is 0 Å². The molecule has 0 fully saturated rings. The molecule has 0 aliphatic rings. The molecular weight excluding hydrogens is 173 g/mol. The molecule has 0 saturated heterocycles. The highest BCUT2D eigenvalue weighted by atomic mass is 35.5. The van der Waals surface area contributed by atoms with Gasteiger partial charge < -0.3 is 9.90 Å². The Morgan fingerprint density at radius 3 is 2.82 bits per heavy atom. The highest BCUT2D eigenvalue weighted by Gasteiger charge is 2.03. The van der Waals surface area contributed by atoms with Crippen molar-refractivity contribution in [2.75, 3.05) is 0 Å². The van der Waals surface area contributed by atoms with Crippen molar-refractivity contribution in [3.8, 4) is 0 Å². The summed E-state index contributed by atoms with van der Waals surface area (Å²) < 4.78 is 12.3. The van der Waals surface area contributed by atoms with E-state index in [1.165, 1.54) is 0 Å². The number of halogens is 2. The summed E-state index contributed by atoms with van der Waals surface area (Å²) in [6.45, 7) is 0. The molecule has 0 radical (unpaired) electrons. The van der Waals surface area contributed by atoms with Crippen LogP contribution in [0.5, 0.6) is 0 Å². The van der Waals surface area contributed by atoms with Crippen molar-refractivity contribution >= 4 is 17.6 Å². The van der Waals surface area contributed by atoms with Crippen molar-refractivity contribution in [3.05, 3.63) is 28.8 Å². The molecule has 1 aromatic heterocycles. The van der Waals surface area contributed by atoms with Crippen molar-refractivity contribution in [2.24, 2.45) is 0 Å². The quantitative estimate of drug-likeness (QED) is 0.573. The van der Waals surface area contributed by atoms with E-state index < -0.39 is 17.3 Å². The van der Waals surface area contributed by atoms with Crippen LogP contribution in [-0.2, 0) is 0 Å². The molecule has 5 heteroatoms. The lowest BCUT2D eigenvalue weighted by atomic mass is 10.3. The fourth-order valence-corrected chi connectivity index (χ4v) is 0.746. The molecule has 0 saturated carbocycles. The topological polar surface area (TPSA) is 53.0 Å². The van der Waals surface area contributed by atoms with Gasteiger partial charge in [-0.2, -0.15) is 0 Å². The van der Waals surface area contributed by atoms with E-state index in [0.717, 1.165) is 12.3 Å². The van der Waals surface area contributed by atoms with Crippen LogP contribution in [-0.4, -0.2) is 11.0 Å². The summed E-state index contributed by atoms with van der Waals surface area (Å²) >= 11 is 5.29. The Bertz CT molecular complexity index is 303. The maximum atomic E-state index is 12.3. The summed E-state index contributed by atoms with van der Waals surface area (Å²) in [6, 6.07) is 0.755. The third-order valence-corrected chi connectivity index (χ3v) is 1.33. The van der Waals surface area contributed by atoms with Gasteiger partial charge >= 0.3 is 0 Å². The molecule has 1 rings (SSSR count). The molecule has 1 heterocycles. The van der Waals surface area contributed by atoms with Crippen LogP contribution in [0.1, 0.15) is 10.4 Å². The van der Waals surface area contributed by atoms with Crippen molar-refractivity contribution in [1.82, 2.24) is 4.98 Å². The largest absolute Gasteiger partial charge is 0.545 e. The average molecular weight is 175 g/mol. The predicted molar refractivity (Wildman–Crippen MR) is 33.5 cm³/mol. The van der Waals surface area contributed by atoms with Crippen LogP contribution in [0.2, 0.25) is 5.15 Å². The third kappa shape index (κ3) is 1.65. The van der Waals surface area contributed by atoms with E-state index in [-0.39, 0.29) is 5.15 Å². The normalized spacial score (nSPS) is 9.64. The lowest BCUT2D eigenvalue weighted by molar-refractivity contribution is -0.255. The summed E-state index contributed by atoms with van der Waals surface area (Å²) in [5, 5.41) is 9.90. The smallest absolute Gasteiger partial charge is 0.142 e. The molecule has 0 aliphatic heterocycles.